The Morgan fingerprint density at radius 2 is 1.75 bits per heavy atom. The first kappa shape index (κ1) is 20.2. The Balaban J connectivity index is 1.48. The van der Waals surface area contributed by atoms with E-state index in [0.717, 1.165) is 42.3 Å². The van der Waals surface area contributed by atoms with Crippen molar-refractivity contribution < 1.29 is 9.53 Å². The number of piperidine rings is 1. The summed E-state index contributed by atoms with van der Waals surface area (Å²) in [4.78, 5) is 14.8. The minimum atomic E-state index is 0.0128. The Bertz CT molecular complexity index is 747. The lowest BCUT2D eigenvalue weighted by molar-refractivity contribution is -0.121. The number of rotatable bonds is 7. The molecule has 4 nitrogen and oxygen atoms in total. The highest BCUT2D eigenvalue weighted by atomic mass is 16.5. The molecular weight excluding hydrogens is 348 g/mol. The van der Waals surface area contributed by atoms with E-state index < -0.39 is 0 Å². The molecule has 0 saturated carbocycles. The van der Waals surface area contributed by atoms with E-state index >= 15 is 0 Å². The number of nitrogens with zero attached hydrogens (tertiary/aromatic N) is 1. The fraction of sp³-hybridized carbons (Fsp3) is 0.458. The average Bonchev–Trinajstić information content (AvgIpc) is 2.73. The molecule has 1 N–H and O–H groups in total. The van der Waals surface area contributed by atoms with Crippen LogP contribution in [0.5, 0.6) is 5.75 Å². The summed E-state index contributed by atoms with van der Waals surface area (Å²) in [6.07, 6.45) is 3.75. The van der Waals surface area contributed by atoms with Crippen LogP contribution in [0.4, 0.5) is 5.69 Å². The van der Waals surface area contributed by atoms with Crippen LogP contribution in [-0.2, 0) is 11.2 Å². The van der Waals surface area contributed by atoms with Crippen molar-refractivity contribution in [1.29, 1.82) is 0 Å². The smallest absolute Gasteiger partial charge is 0.220 e. The molecule has 0 radical (unpaired) electrons. The predicted octanol–water partition coefficient (Wildman–Crippen LogP) is 4.74. The summed E-state index contributed by atoms with van der Waals surface area (Å²) >= 11 is 0. The number of ether oxygens (including phenoxy) is 1. The topological polar surface area (TPSA) is 41.6 Å². The van der Waals surface area contributed by atoms with Crippen LogP contribution in [-0.4, -0.2) is 26.1 Å². The average molecular weight is 381 g/mol. The lowest BCUT2D eigenvalue weighted by Gasteiger charge is -2.32. The fourth-order valence-electron chi connectivity index (χ4n) is 3.69. The highest BCUT2D eigenvalue weighted by molar-refractivity contribution is 5.76. The maximum atomic E-state index is 12.3. The Kier molecular flexibility index (Phi) is 6.96. The molecule has 0 aromatic heterocycles. The van der Waals surface area contributed by atoms with Gasteiger partial charge in [-0.3, -0.25) is 4.79 Å². The SMILES string of the molecule is COc1ccc(CCC(=O)NC(C)c2ccc(N3CCC(C)CC3)cc2)cc1. The second kappa shape index (κ2) is 9.63. The summed E-state index contributed by atoms with van der Waals surface area (Å²) in [5.74, 6) is 1.76. The Hall–Kier alpha value is -2.49. The van der Waals surface area contributed by atoms with E-state index in [2.05, 4.69) is 41.4 Å². The molecule has 1 amide bonds. The molecule has 150 valence electrons. The number of carbonyl (C=O) groups excluding carboxylic acids is 1. The van der Waals surface area contributed by atoms with E-state index in [1.54, 1.807) is 7.11 Å². The molecule has 28 heavy (non-hydrogen) atoms. The number of benzene rings is 2. The van der Waals surface area contributed by atoms with Gasteiger partial charge in [-0.25, -0.2) is 0 Å². The van der Waals surface area contributed by atoms with Crippen molar-refractivity contribution in [2.45, 2.75) is 45.6 Å². The van der Waals surface area contributed by atoms with Gasteiger partial charge in [0.1, 0.15) is 5.75 Å². The quantitative estimate of drug-likeness (QED) is 0.754. The van der Waals surface area contributed by atoms with E-state index in [1.807, 2.05) is 31.2 Å². The van der Waals surface area contributed by atoms with Crippen LogP contribution < -0.4 is 15.0 Å². The van der Waals surface area contributed by atoms with Crippen LogP contribution in [0.15, 0.2) is 48.5 Å². The van der Waals surface area contributed by atoms with Gasteiger partial charge in [-0.05, 0) is 67.5 Å². The van der Waals surface area contributed by atoms with Crippen molar-refractivity contribution in [3.05, 3.63) is 59.7 Å². The molecule has 0 bridgehead atoms. The van der Waals surface area contributed by atoms with Crippen LogP contribution in [0.1, 0.15) is 50.3 Å². The summed E-state index contributed by atoms with van der Waals surface area (Å²) in [6.45, 7) is 6.65. The molecule has 0 spiro atoms. The Morgan fingerprint density at radius 3 is 2.36 bits per heavy atom. The zero-order chi connectivity index (χ0) is 19.9. The van der Waals surface area contributed by atoms with Gasteiger partial charge in [0.2, 0.25) is 5.91 Å². The van der Waals surface area contributed by atoms with Crippen molar-refractivity contribution in [2.24, 2.45) is 5.92 Å². The van der Waals surface area contributed by atoms with Gasteiger partial charge in [-0.2, -0.15) is 0 Å². The van der Waals surface area contributed by atoms with E-state index in [9.17, 15) is 4.79 Å². The van der Waals surface area contributed by atoms with Crippen molar-refractivity contribution in [1.82, 2.24) is 5.32 Å². The number of hydrogen-bond acceptors (Lipinski definition) is 3. The number of nitrogens with one attached hydrogen (secondary N) is 1. The predicted molar refractivity (Wildman–Crippen MR) is 115 cm³/mol. The molecule has 1 atom stereocenters. The van der Waals surface area contributed by atoms with Gasteiger partial charge in [0.25, 0.3) is 0 Å². The lowest BCUT2D eigenvalue weighted by atomic mass is 9.98. The van der Waals surface area contributed by atoms with Crippen molar-refractivity contribution in [3.8, 4) is 5.75 Å². The molecule has 1 fully saturated rings. The first-order valence-corrected chi connectivity index (χ1v) is 10.3. The molecule has 2 aromatic rings. The Labute approximate surface area is 168 Å². The standard InChI is InChI=1S/C24H32N2O2/c1-18-14-16-26(17-15-18)22-9-7-21(8-10-22)19(2)25-24(27)13-6-20-4-11-23(28-3)12-5-20/h4-5,7-12,18-19H,6,13-17H2,1-3H3,(H,25,27). The van der Waals surface area contributed by atoms with Crippen molar-refractivity contribution >= 4 is 11.6 Å². The minimum absolute atomic E-state index is 0.0128. The van der Waals surface area contributed by atoms with Gasteiger partial charge in [-0.15, -0.1) is 0 Å². The molecule has 1 heterocycles. The maximum absolute atomic E-state index is 12.3. The van der Waals surface area contributed by atoms with Gasteiger partial charge in [0.15, 0.2) is 0 Å². The van der Waals surface area contributed by atoms with Gasteiger partial charge < -0.3 is 15.0 Å². The largest absolute Gasteiger partial charge is 0.497 e. The summed E-state index contributed by atoms with van der Waals surface area (Å²) in [6, 6.07) is 16.5. The van der Waals surface area contributed by atoms with E-state index in [4.69, 9.17) is 4.74 Å². The maximum Gasteiger partial charge on any atom is 0.220 e. The van der Waals surface area contributed by atoms with Crippen LogP contribution in [0.3, 0.4) is 0 Å². The van der Waals surface area contributed by atoms with E-state index in [0.29, 0.717) is 6.42 Å². The molecule has 0 aliphatic carbocycles. The van der Waals surface area contributed by atoms with E-state index in [1.165, 1.54) is 18.5 Å². The summed E-state index contributed by atoms with van der Waals surface area (Å²) in [7, 11) is 1.66. The molecule has 2 aromatic carbocycles. The third-order valence-corrected chi connectivity index (χ3v) is 5.72. The van der Waals surface area contributed by atoms with Crippen molar-refractivity contribution in [3.63, 3.8) is 0 Å². The number of anilines is 1. The molecule has 1 aliphatic rings. The summed E-state index contributed by atoms with van der Waals surface area (Å²) < 4.78 is 5.17. The minimum Gasteiger partial charge on any atom is -0.497 e. The van der Waals surface area contributed by atoms with Gasteiger partial charge >= 0.3 is 0 Å². The first-order valence-electron chi connectivity index (χ1n) is 10.3. The fourth-order valence-corrected chi connectivity index (χ4v) is 3.69. The van der Waals surface area contributed by atoms with Crippen molar-refractivity contribution in [2.75, 3.05) is 25.1 Å². The van der Waals surface area contributed by atoms with Gasteiger partial charge in [0, 0.05) is 25.2 Å². The number of methoxy groups -OCH3 is 1. The molecule has 1 unspecified atom stereocenters. The van der Waals surface area contributed by atoms with Crippen LogP contribution in [0.25, 0.3) is 0 Å². The number of aryl methyl sites for hydroxylation is 1. The molecule has 1 saturated heterocycles. The normalized spacial score (nSPS) is 15.9. The zero-order valence-electron chi connectivity index (χ0n) is 17.3. The number of hydrogen-bond donors (Lipinski definition) is 1. The van der Waals surface area contributed by atoms with E-state index in [-0.39, 0.29) is 11.9 Å². The van der Waals surface area contributed by atoms with Crippen LogP contribution in [0.2, 0.25) is 0 Å². The van der Waals surface area contributed by atoms with Crippen LogP contribution >= 0.6 is 0 Å². The Morgan fingerprint density at radius 1 is 1.11 bits per heavy atom. The second-order valence-electron chi connectivity index (χ2n) is 7.90. The molecule has 1 aliphatic heterocycles. The van der Waals surface area contributed by atoms with Gasteiger partial charge in [-0.1, -0.05) is 31.2 Å². The van der Waals surface area contributed by atoms with Crippen LogP contribution in [0, 0.1) is 5.92 Å². The third kappa shape index (κ3) is 5.51. The highest BCUT2D eigenvalue weighted by Crippen LogP contribution is 2.24. The monoisotopic (exact) mass is 380 g/mol. The third-order valence-electron chi connectivity index (χ3n) is 5.72. The zero-order valence-corrected chi connectivity index (χ0v) is 17.3. The second-order valence-corrected chi connectivity index (χ2v) is 7.90. The number of amides is 1. The molecular formula is C24H32N2O2. The van der Waals surface area contributed by atoms with Gasteiger partial charge in [0.05, 0.1) is 13.2 Å². The summed E-state index contributed by atoms with van der Waals surface area (Å²) in [5, 5.41) is 3.12. The lowest BCUT2D eigenvalue weighted by Crippen LogP contribution is -2.32. The summed E-state index contributed by atoms with van der Waals surface area (Å²) in [5.41, 5.74) is 3.57. The highest BCUT2D eigenvalue weighted by Gasteiger charge is 2.16. The molecule has 4 heteroatoms. The molecule has 3 rings (SSSR count). The number of carbonyl (C=O) groups is 1. The first-order chi connectivity index (χ1) is 13.5.